The smallest absolute Gasteiger partial charge is 0.257 e. The van der Waals surface area contributed by atoms with E-state index in [1.54, 1.807) is 22.2 Å². The number of hydrogen-bond acceptors (Lipinski definition) is 5. The molecule has 0 aromatic carbocycles. The lowest BCUT2D eigenvalue weighted by molar-refractivity contribution is 0.0720. The number of nitrogens with zero attached hydrogens (tertiary/aromatic N) is 4. The van der Waals surface area contributed by atoms with Crippen molar-refractivity contribution < 1.29 is 4.79 Å². The Morgan fingerprint density at radius 1 is 1.54 bits per heavy atom. The average molecular weight is 370 g/mol. The highest BCUT2D eigenvalue weighted by Gasteiger charge is 2.24. The minimum absolute atomic E-state index is 0. The van der Waals surface area contributed by atoms with Crippen LogP contribution in [0.1, 0.15) is 34.3 Å². The van der Waals surface area contributed by atoms with Crippen molar-refractivity contribution >= 4 is 29.7 Å². The summed E-state index contributed by atoms with van der Waals surface area (Å²) in [5, 5.41) is 7.61. The van der Waals surface area contributed by atoms with E-state index in [2.05, 4.69) is 15.4 Å². The van der Waals surface area contributed by atoms with Gasteiger partial charge in [0.1, 0.15) is 0 Å². The van der Waals surface area contributed by atoms with Crippen LogP contribution in [-0.2, 0) is 13.1 Å². The van der Waals surface area contributed by atoms with Gasteiger partial charge in [0, 0.05) is 24.2 Å². The quantitative estimate of drug-likeness (QED) is 0.848. The lowest BCUT2D eigenvalue weighted by Gasteiger charge is -2.25. The van der Waals surface area contributed by atoms with Crippen LogP contribution in [0.4, 0.5) is 0 Å². The third kappa shape index (κ3) is 4.34. The summed E-state index contributed by atoms with van der Waals surface area (Å²) in [5.74, 6) is 0.581. The molecule has 1 unspecified atom stereocenters. The van der Waals surface area contributed by atoms with Gasteiger partial charge in [-0.1, -0.05) is 0 Å². The maximum absolute atomic E-state index is 12.9. The van der Waals surface area contributed by atoms with Gasteiger partial charge >= 0.3 is 0 Å². The Morgan fingerprint density at radius 3 is 2.96 bits per heavy atom. The largest absolute Gasteiger partial charge is 0.333 e. The first-order chi connectivity index (χ1) is 11.2. The number of amides is 1. The molecule has 1 amide bonds. The van der Waals surface area contributed by atoms with Gasteiger partial charge in [-0.15, -0.1) is 23.7 Å². The normalized spacial score (nSPS) is 16.8. The van der Waals surface area contributed by atoms with E-state index < -0.39 is 0 Å². The predicted molar refractivity (Wildman–Crippen MR) is 97.7 cm³/mol. The van der Waals surface area contributed by atoms with E-state index >= 15 is 0 Å². The van der Waals surface area contributed by atoms with Crippen LogP contribution >= 0.6 is 23.7 Å². The van der Waals surface area contributed by atoms with Gasteiger partial charge in [0.2, 0.25) is 0 Å². The number of halogens is 1. The number of carbonyl (C=O) groups excluding carboxylic acids is 1. The first kappa shape index (κ1) is 18.9. The molecule has 24 heavy (non-hydrogen) atoms. The molecule has 1 saturated heterocycles. The summed E-state index contributed by atoms with van der Waals surface area (Å²) in [6.45, 7) is 8.22. The van der Waals surface area contributed by atoms with Crippen LogP contribution in [0, 0.1) is 12.8 Å². The van der Waals surface area contributed by atoms with Crippen LogP contribution in [0.25, 0.3) is 0 Å². The van der Waals surface area contributed by atoms with Gasteiger partial charge in [-0.25, -0.2) is 4.98 Å². The Kier molecular flexibility index (Phi) is 6.77. The van der Waals surface area contributed by atoms with Gasteiger partial charge in [-0.2, -0.15) is 5.10 Å². The number of hydrogen-bond donors (Lipinski definition) is 1. The summed E-state index contributed by atoms with van der Waals surface area (Å²) < 4.78 is 1.79. The molecule has 2 aromatic heterocycles. The molecule has 8 heteroatoms. The standard InChI is InChI=1S/C16H23N5OS.ClH/c1-3-21-9-14(7-19-21)16(22)20(8-13-4-5-17-6-13)10-15-12(2)18-11-23-15;/h7,9,11,13,17H,3-6,8,10H2,1-2H3;1H. The molecule has 0 spiro atoms. The van der Waals surface area contributed by atoms with E-state index in [1.165, 1.54) is 0 Å². The number of aromatic nitrogens is 3. The van der Waals surface area contributed by atoms with E-state index in [-0.39, 0.29) is 18.3 Å². The maximum Gasteiger partial charge on any atom is 0.257 e. The molecule has 1 aliphatic heterocycles. The number of nitrogens with one attached hydrogen (secondary N) is 1. The Labute approximate surface area is 152 Å². The van der Waals surface area contributed by atoms with Gasteiger partial charge in [0.25, 0.3) is 5.91 Å². The summed E-state index contributed by atoms with van der Waals surface area (Å²) in [5.41, 5.74) is 3.53. The second-order valence-electron chi connectivity index (χ2n) is 5.99. The number of rotatable bonds is 6. The fraction of sp³-hybridized carbons (Fsp3) is 0.562. The molecule has 2 aromatic rings. The van der Waals surface area contributed by atoms with Crippen molar-refractivity contribution in [1.82, 2.24) is 25.0 Å². The van der Waals surface area contributed by atoms with E-state index in [0.717, 1.165) is 43.2 Å². The Balaban J connectivity index is 0.00000208. The van der Waals surface area contributed by atoms with Crippen molar-refractivity contribution in [2.24, 2.45) is 5.92 Å². The Hall–Kier alpha value is -1.44. The highest BCUT2D eigenvalue weighted by molar-refractivity contribution is 7.09. The Bertz CT molecular complexity index is 665. The molecular weight excluding hydrogens is 346 g/mol. The zero-order chi connectivity index (χ0) is 16.2. The third-order valence-corrected chi connectivity index (χ3v) is 5.23. The number of carbonyl (C=O) groups is 1. The minimum atomic E-state index is 0. The molecule has 0 radical (unpaired) electrons. The summed E-state index contributed by atoms with van der Waals surface area (Å²) >= 11 is 1.62. The lowest BCUT2D eigenvalue weighted by Crippen LogP contribution is -2.35. The van der Waals surface area contributed by atoms with E-state index in [0.29, 0.717) is 18.0 Å². The molecule has 1 atom stereocenters. The van der Waals surface area contributed by atoms with E-state index in [1.807, 2.05) is 30.5 Å². The lowest BCUT2D eigenvalue weighted by atomic mass is 10.1. The van der Waals surface area contributed by atoms with Crippen molar-refractivity contribution in [3.05, 3.63) is 34.0 Å². The van der Waals surface area contributed by atoms with Crippen molar-refractivity contribution in [2.75, 3.05) is 19.6 Å². The van der Waals surface area contributed by atoms with Gasteiger partial charge in [-0.3, -0.25) is 9.48 Å². The van der Waals surface area contributed by atoms with Gasteiger partial charge < -0.3 is 10.2 Å². The average Bonchev–Trinajstić information content (AvgIpc) is 3.28. The van der Waals surface area contributed by atoms with Gasteiger partial charge in [-0.05, 0) is 39.3 Å². The highest BCUT2D eigenvalue weighted by Crippen LogP contribution is 2.19. The molecule has 6 nitrogen and oxygen atoms in total. The topological polar surface area (TPSA) is 63.1 Å². The molecule has 0 bridgehead atoms. The summed E-state index contributed by atoms with van der Waals surface area (Å²) in [7, 11) is 0. The molecular formula is C16H24ClN5OS. The van der Waals surface area contributed by atoms with Crippen LogP contribution in [-0.4, -0.2) is 45.2 Å². The molecule has 1 fully saturated rings. The second kappa shape index (κ2) is 8.60. The van der Waals surface area contributed by atoms with Crippen molar-refractivity contribution in [2.45, 2.75) is 33.4 Å². The molecule has 0 aliphatic carbocycles. The first-order valence-corrected chi connectivity index (χ1v) is 8.96. The van der Waals surface area contributed by atoms with Crippen LogP contribution < -0.4 is 5.32 Å². The van der Waals surface area contributed by atoms with E-state index in [9.17, 15) is 4.79 Å². The fourth-order valence-electron chi connectivity index (χ4n) is 2.88. The molecule has 0 saturated carbocycles. The Morgan fingerprint density at radius 2 is 2.38 bits per heavy atom. The van der Waals surface area contributed by atoms with Crippen molar-refractivity contribution in [3.8, 4) is 0 Å². The zero-order valence-electron chi connectivity index (χ0n) is 14.1. The highest BCUT2D eigenvalue weighted by atomic mass is 35.5. The van der Waals surface area contributed by atoms with Gasteiger partial charge in [0.15, 0.2) is 0 Å². The van der Waals surface area contributed by atoms with Crippen molar-refractivity contribution in [1.29, 1.82) is 0 Å². The fourth-order valence-corrected chi connectivity index (χ4v) is 3.67. The summed E-state index contributed by atoms with van der Waals surface area (Å²) in [6.07, 6.45) is 4.63. The molecule has 1 N–H and O–H groups in total. The third-order valence-electron chi connectivity index (χ3n) is 4.31. The SMILES string of the molecule is CCn1cc(C(=O)N(Cc2scnc2C)CC2CCNC2)cn1.Cl. The summed E-state index contributed by atoms with van der Waals surface area (Å²) in [6, 6.07) is 0. The van der Waals surface area contributed by atoms with Gasteiger partial charge in [0.05, 0.1) is 29.5 Å². The van der Waals surface area contributed by atoms with Crippen LogP contribution in [0.15, 0.2) is 17.9 Å². The molecule has 132 valence electrons. The second-order valence-corrected chi connectivity index (χ2v) is 6.93. The first-order valence-electron chi connectivity index (χ1n) is 8.08. The van der Waals surface area contributed by atoms with E-state index in [4.69, 9.17) is 0 Å². The molecule has 3 rings (SSSR count). The predicted octanol–water partition coefficient (Wildman–Crippen LogP) is 2.34. The monoisotopic (exact) mass is 369 g/mol. The molecule has 1 aliphatic rings. The van der Waals surface area contributed by atoms with Crippen LogP contribution in [0.5, 0.6) is 0 Å². The number of thiazole rings is 1. The maximum atomic E-state index is 12.9. The zero-order valence-corrected chi connectivity index (χ0v) is 15.7. The van der Waals surface area contributed by atoms with Crippen molar-refractivity contribution in [3.63, 3.8) is 0 Å². The van der Waals surface area contributed by atoms with Crippen LogP contribution in [0.3, 0.4) is 0 Å². The summed E-state index contributed by atoms with van der Waals surface area (Å²) in [4.78, 5) is 20.4. The molecule has 3 heterocycles. The number of aryl methyl sites for hydroxylation is 2. The van der Waals surface area contributed by atoms with Crippen LogP contribution in [0.2, 0.25) is 0 Å². The minimum Gasteiger partial charge on any atom is -0.333 e.